The number of aromatic nitrogens is 1. The molecule has 1 aliphatic rings. The maximum Gasteiger partial charge on any atom is 0.422 e. The van der Waals surface area contributed by atoms with Crippen LogP contribution in [0.4, 0.5) is 13.2 Å². The van der Waals surface area contributed by atoms with E-state index in [0.717, 1.165) is 36.6 Å². The van der Waals surface area contributed by atoms with Gasteiger partial charge in [-0.3, -0.25) is 4.99 Å². The summed E-state index contributed by atoms with van der Waals surface area (Å²) in [5.74, 6) is 1.12. The lowest BCUT2D eigenvalue weighted by molar-refractivity contribution is -0.154. The van der Waals surface area contributed by atoms with Crippen molar-refractivity contribution in [3.8, 4) is 5.88 Å². The van der Waals surface area contributed by atoms with Crippen LogP contribution in [0.1, 0.15) is 17.5 Å². The molecule has 2 heterocycles. The summed E-state index contributed by atoms with van der Waals surface area (Å²) in [6, 6.07) is 13.3. The smallest absolute Gasteiger partial charge is 0.422 e. The van der Waals surface area contributed by atoms with Gasteiger partial charge in [-0.15, -0.1) is 24.0 Å². The number of aliphatic imine (C=N–C) groups is 1. The summed E-state index contributed by atoms with van der Waals surface area (Å²) >= 11 is 0. The first-order valence-corrected chi connectivity index (χ1v) is 10.1. The van der Waals surface area contributed by atoms with Gasteiger partial charge in [0, 0.05) is 44.9 Å². The Morgan fingerprint density at radius 3 is 2.72 bits per heavy atom. The molecule has 10 heteroatoms. The first-order chi connectivity index (χ1) is 14.9. The van der Waals surface area contributed by atoms with E-state index in [0.29, 0.717) is 25.7 Å². The summed E-state index contributed by atoms with van der Waals surface area (Å²) in [5.41, 5.74) is 1.92. The predicted molar refractivity (Wildman–Crippen MR) is 127 cm³/mol. The summed E-state index contributed by atoms with van der Waals surface area (Å²) in [4.78, 5) is 10.3. The molecule has 3 rings (SSSR count). The molecule has 1 fully saturated rings. The van der Waals surface area contributed by atoms with Crippen LogP contribution in [0.3, 0.4) is 0 Å². The number of benzene rings is 1. The monoisotopic (exact) mass is 564 g/mol. The van der Waals surface area contributed by atoms with Gasteiger partial charge in [-0.25, -0.2) is 4.98 Å². The first kappa shape index (κ1) is 26.2. The molecular formula is C22H28F3IN4O2. The number of likely N-dealkylation sites (tertiary alicyclic amines) is 1. The van der Waals surface area contributed by atoms with Crippen molar-refractivity contribution >= 4 is 29.9 Å². The third kappa shape index (κ3) is 8.81. The fourth-order valence-electron chi connectivity index (χ4n) is 3.39. The van der Waals surface area contributed by atoms with Gasteiger partial charge in [0.1, 0.15) is 0 Å². The molecular weight excluding hydrogens is 536 g/mol. The van der Waals surface area contributed by atoms with E-state index < -0.39 is 12.8 Å². The van der Waals surface area contributed by atoms with Gasteiger partial charge in [-0.2, -0.15) is 13.2 Å². The predicted octanol–water partition coefficient (Wildman–Crippen LogP) is 4.25. The highest BCUT2D eigenvalue weighted by Crippen LogP contribution is 2.19. The van der Waals surface area contributed by atoms with E-state index in [1.165, 1.54) is 12.3 Å². The highest BCUT2D eigenvalue weighted by atomic mass is 127. The lowest BCUT2D eigenvalue weighted by atomic mass is 10.1. The molecule has 6 nitrogen and oxygen atoms in total. The molecule has 1 aromatic heterocycles. The lowest BCUT2D eigenvalue weighted by Crippen LogP contribution is -2.39. The SMILES string of the molecule is CN=C(NCc1ccnc(OCC(F)(F)F)c1)N1CCC(COCc2ccccc2)C1.I. The molecule has 0 aliphatic carbocycles. The number of nitrogens with zero attached hydrogens (tertiary/aromatic N) is 3. The second kappa shape index (κ2) is 12.8. The fourth-order valence-corrected chi connectivity index (χ4v) is 3.39. The van der Waals surface area contributed by atoms with E-state index in [1.807, 2.05) is 30.3 Å². The third-order valence-corrected chi connectivity index (χ3v) is 4.90. The average molecular weight is 564 g/mol. The summed E-state index contributed by atoms with van der Waals surface area (Å²) in [5, 5.41) is 3.26. The molecule has 176 valence electrons. The van der Waals surface area contributed by atoms with Crippen LogP contribution in [0, 0.1) is 5.92 Å². The van der Waals surface area contributed by atoms with Crippen LogP contribution in [0.15, 0.2) is 53.7 Å². The standard InChI is InChI=1S/C22H27F3N4O2.HI/c1-26-21(28-12-18-7-9-27-20(11-18)31-16-22(23,24)25)29-10-8-19(13-29)15-30-14-17-5-3-2-4-6-17;/h2-7,9,11,19H,8,10,12-16H2,1H3,(H,26,28);1H. The maximum absolute atomic E-state index is 12.3. The number of alkyl halides is 3. The molecule has 0 bridgehead atoms. The van der Waals surface area contributed by atoms with Crippen molar-refractivity contribution < 1.29 is 22.6 Å². The minimum absolute atomic E-state index is 0. The fraction of sp³-hybridized carbons (Fsp3) is 0.455. The molecule has 2 aromatic rings. The lowest BCUT2D eigenvalue weighted by Gasteiger charge is -2.22. The van der Waals surface area contributed by atoms with Gasteiger partial charge in [0.2, 0.25) is 5.88 Å². The Labute approximate surface area is 203 Å². The molecule has 0 radical (unpaired) electrons. The van der Waals surface area contributed by atoms with Crippen molar-refractivity contribution in [2.24, 2.45) is 10.9 Å². The molecule has 1 saturated heterocycles. The van der Waals surface area contributed by atoms with Crippen LogP contribution >= 0.6 is 24.0 Å². The number of hydrogen-bond acceptors (Lipinski definition) is 4. The molecule has 1 aromatic carbocycles. The van der Waals surface area contributed by atoms with Gasteiger partial charge in [-0.1, -0.05) is 30.3 Å². The highest BCUT2D eigenvalue weighted by molar-refractivity contribution is 14.0. The van der Waals surface area contributed by atoms with E-state index in [-0.39, 0.29) is 29.9 Å². The van der Waals surface area contributed by atoms with Crippen LogP contribution in [0.25, 0.3) is 0 Å². The first-order valence-electron chi connectivity index (χ1n) is 10.1. The van der Waals surface area contributed by atoms with Crippen molar-refractivity contribution in [3.05, 3.63) is 59.8 Å². The quantitative estimate of drug-likeness (QED) is 0.295. The second-order valence-corrected chi connectivity index (χ2v) is 7.41. The zero-order chi connectivity index (χ0) is 22.1. The van der Waals surface area contributed by atoms with Crippen molar-refractivity contribution in [1.82, 2.24) is 15.2 Å². The Hall–Kier alpha value is -2.08. The van der Waals surface area contributed by atoms with Crippen molar-refractivity contribution in [1.29, 1.82) is 0 Å². The Morgan fingerprint density at radius 2 is 2.00 bits per heavy atom. The molecule has 0 saturated carbocycles. The summed E-state index contributed by atoms with van der Waals surface area (Å²) in [6.45, 7) is 2.04. The molecule has 0 amide bonds. The zero-order valence-electron chi connectivity index (χ0n) is 17.8. The van der Waals surface area contributed by atoms with Gasteiger partial charge in [0.15, 0.2) is 12.6 Å². The Kier molecular flexibility index (Phi) is 10.5. The number of hydrogen-bond donors (Lipinski definition) is 1. The van der Waals surface area contributed by atoms with Crippen molar-refractivity contribution in [2.45, 2.75) is 25.7 Å². The summed E-state index contributed by atoms with van der Waals surface area (Å²) in [6.07, 6.45) is -1.95. The van der Waals surface area contributed by atoms with Crippen LogP contribution in [0.2, 0.25) is 0 Å². The van der Waals surface area contributed by atoms with Crippen LogP contribution in [-0.2, 0) is 17.9 Å². The topological polar surface area (TPSA) is 59.0 Å². The van der Waals surface area contributed by atoms with Gasteiger partial charge in [0.25, 0.3) is 0 Å². The second-order valence-electron chi connectivity index (χ2n) is 7.41. The van der Waals surface area contributed by atoms with E-state index in [1.54, 1.807) is 13.1 Å². The number of pyridine rings is 1. The van der Waals surface area contributed by atoms with Gasteiger partial charge in [0.05, 0.1) is 13.2 Å². The number of nitrogens with one attached hydrogen (secondary N) is 1. The molecule has 0 spiro atoms. The minimum atomic E-state index is -4.39. The van der Waals surface area contributed by atoms with E-state index >= 15 is 0 Å². The van der Waals surface area contributed by atoms with E-state index in [9.17, 15) is 13.2 Å². The molecule has 1 aliphatic heterocycles. The molecule has 1 atom stereocenters. The maximum atomic E-state index is 12.3. The summed E-state index contributed by atoms with van der Waals surface area (Å²) < 4.78 is 47.5. The highest BCUT2D eigenvalue weighted by Gasteiger charge is 2.28. The van der Waals surface area contributed by atoms with E-state index in [4.69, 9.17) is 9.47 Å². The van der Waals surface area contributed by atoms with Crippen LogP contribution in [-0.4, -0.2) is 55.4 Å². The number of halogens is 4. The average Bonchev–Trinajstić information content (AvgIpc) is 3.22. The zero-order valence-corrected chi connectivity index (χ0v) is 20.2. The Balaban J connectivity index is 0.00000363. The third-order valence-electron chi connectivity index (χ3n) is 4.90. The number of ether oxygens (including phenoxy) is 2. The van der Waals surface area contributed by atoms with Crippen LogP contribution < -0.4 is 10.1 Å². The van der Waals surface area contributed by atoms with Crippen molar-refractivity contribution in [3.63, 3.8) is 0 Å². The molecule has 32 heavy (non-hydrogen) atoms. The number of guanidine groups is 1. The van der Waals surface area contributed by atoms with Gasteiger partial charge in [-0.05, 0) is 23.6 Å². The molecule has 1 unspecified atom stereocenters. The molecule has 1 N–H and O–H groups in total. The van der Waals surface area contributed by atoms with Gasteiger partial charge >= 0.3 is 6.18 Å². The minimum Gasteiger partial charge on any atom is -0.468 e. The van der Waals surface area contributed by atoms with Gasteiger partial charge < -0.3 is 19.7 Å². The van der Waals surface area contributed by atoms with Crippen molar-refractivity contribution in [2.75, 3.05) is 33.4 Å². The van der Waals surface area contributed by atoms with E-state index in [2.05, 4.69) is 20.2 Å². The van der Waals surface area contributed by atoms with Crippen LogP contribution in [0.5, 0.6) is 5.88 Å². The number of rotatable bonds is 8. The Bertz CT molecular complexity index is 853. The Morgan fingerprint density at radius 1 is 1.22 bits per heavy atom. The summed E-state index contributed by atoms with van der Waals surface area (Å²) in [7, 11) is 1.71. The largest absolute Gasteiger partial charge is 0.468 e. The normalized spacial score (nSPS) is 16.6.